The fraction of sp³-hybridized carbons (Fsp3) is 0.545. The first kappa shape index (κ1) is 30.2. The lowest BCUT2D eigenvalue weighted by molar-refractivity contribution is -0.134. The standard InChI is InChI=1S/C33H43F3N2O2/c1-3-40-31-22-28(17-16-27(31)18-19-33(34,35)36)32(39)37(23-25(2)21-26-11-6-4-7-12-26)24-30-15-10-20-38(30)29-13-8-5-9-14-29/h4,6-7,11-12,16-17,21-22,29-30H,3,5,8-10,13-15,18-20,23-24H2,1-2H3/b25-21+/t30-/m0/s1. The molecule has 2 aromatic carbocycles. The Kier molecular flexibility index (Phi) is 10.7. The Morgan fingerprint density at radius 2 is 1.80 bits per heavy atom. The van der Waals surface area contributed by atoms with Crippen LogP contribution in [0.1, 0.15) is 86.7 Å². The Bertz CT molecular complexity index is 1130. The van der Waals surface area contributed by atoms with E-state index in [9.17, 15) is 18.0 Å². The lowest BCUT2D eigenvalue weighted by Gasteiger charge is -2.38. The predicted molar refractivity (Wildman–Crippen MR) is 155 cm³/mol. The molecule has 0 radical (unpaired) electrons. The minimum absolute atomic E-state index is 0.111. The van der Waals surface area contributed by atoms with Crippen molar-refractivity contribution in [2.75, 3.05) is 26.2 Å². The third-order valence-corrected chi connectivity index (χ3v) is 8.13. The van der Waals surface area contributed by atoms with E-state index >= 15 is 0 Å². The minimum Gasteiger partial charge on any atom is -0.494 e. The van der Waals surface area contributed by atoms with Crippen molar-refractivity contribution in [1.29, 1.82) is 0 Å². The molecule has 0 bridgehead atoms. The molecule has 2 aromatic rings. The minimum atomic E-state index is -4.25. The van der Waals surface area contributed by atoms with E-state index in [4.69, 9.17) is 4.74 Å². The lowest BCUT2D eigenvalue weighted by Crippen LogP contribution is -2.47. The smallest absolute Gasteiger partial charge is 0.389 e. The van der Waals surface area contributed by atoms with Gasteiger partial charge in [0, 0.05) is 37.2 Å². The zero-order valence-corrected chi connectivity index (χ0v) is 23.9. The molecule has 7 heteroatoms. The number of amides is 1. The van der Waals surface area contributed by atoms with Crippen LogP contribution in [-0.2, 0) is 6.42 Å². The molecule has 2 aliphatic rings. The first-order chi connectivity index (χ1) is 19.2. The van der Waals surface area contributed by atoms with Crippen molar-refractivity contribution in [2.45, 2.75) is 89.9 Å². The summed E-state index contributed by atoms with van der Waals surface area (Å²) in [4.78, 5) is 18.6. The summed E-state index contributed by atoms with van der Waals surface area (Å²) in [5.41, 5.74) is 3.09. The van der Waals surface area contributed by atoms with E-state index in [0.717, 1.165) is 30.5 Å². The Morgan fingerprint density at radius 1 is 1.05 bits per heavy atom. The number of carbonyl (C=O) groups excluding carboxylic acids is 1. The Balaban J connectivity index is 1.58. The van der Waals surface area contributed by atoms with Gasteiger partial charge >= 0.3 is 6.18 Å². The maximum absolute atomic E-state index is 14.0. The van der Waals surface area contributed by atoms with E-state index in [0.29, 0.717) is 48.7 Å². The summed E-state index contributed by atoms with van der Waals surface area (Å²) in [5, 5.41) is 0. The maximum atomic E-state index is 14.0. The third kappa shape index (κ3) is 8.60. The molecule has 4 rings (SSSR count). The highest BCUT2D eigenvalue weighted by atomic mass is 19.4. The summed E-state index contributed by atoms with van der Waals surface area (Å²) in [6.07, 6.45) is 5.30. The zero-order chi connectivity index (χ0) is 28.5. The van der Waals surface area contributed by atoms with Crippen LogP contribution < -0.4 is 4.74 Å². The molecule has 1 amide bonds. The summed E-state index contributed by atoms with van der Waals surface area (Å²) in [7, 11) is 0. The van der Waals surface area contributed by atoms with Crippen molar-refractivity contribution in [3.05, 3.63) is 70.8 Å². The molecule has 1 atom stereocenters. The zero-order valence-electron chi connectivity index (χ0n) is 23.9. The number of benzene rings is 2. The van der Waals surface area contributed by atoms with Crippen LogP contribution >= 0.6 is 0 Å². The highest BCUT2D eigenvalue weighted by Gasteiger charge is 2.34. The molecule has 0 spiro atoms. The summed E-state index contributed by atoms with van der Waals surface area (Å²) < 4.78 is 44.4. The molecule has 1 saturated heterocycles. The molecule has 0 N–H and O–H groups in total. The van der Waals surface area contributed by atoms with Crippen molar-refractivity contribution >= 4 is 12.0 Å². The van der Waals surface area contributed by atoms with Crippen LogP contribution in [0.4, 0.5) is 13.2 Å². The normalized spacial score (nSPS) is 19.1. The van der Waals surface area contributed by atoms with Gasteiger partial charge in [-0.1, -0.05) is 67.3 Å². The van der Waals surface area contributed by atoms with Gasteiger partial charge < -0.3 is 9.64 Å². The fourth-order valence-electron chi connectivity index (χ4n) is 6.24. The molecule has 1 heterocycles. The summed E-state index contributed by atoms with van der Waals surface area (Å²) in [6.45, 7) is 6.37. The van der Waals surface area contributed by atoms with E-state index in [-0.39, 0.29) is 12.3 Å². The average molecular weight is 557 g/mol. The molecule has 0 aromatic heterocycles. The number of alkyl halides is 3. The van der Waals surface area contributed by atoms with Gasteiger partial charge in [-0.3, -0.25) is 9.69 Å². The van der Waals surface area contributed by atoms with Crippen LogP contribution in [0.5, 0.6) is 5.75 Å². The van der Waals surface area contributed by atoms with Crippen molar-refractivity contribution < 1.29 is 22.7 Å². The predicted octanol–water partition coefficient (Wildman–Crippen LogP) is 7.92. The third-order valence-electron chi connectivity index (χ3n) is 8.13. The fourth-order valence-corrected chi connectivity index (χ4v) is 6.24. The highest BCUT2D eigenvalue weighted by molar-refractivity contribution is 5.95. The van der Waals surface area contributed by atoms with Crippen LogP contribution in [0, 0.1) is 0 Å². The van der Waals surface area contributed by atoms with Gasteiger partial charge in [0.25, 0.3) is 5.91 Å². The molecule has 218 valence electrons. The van der Waals surface area contributed by atoms with Gasteiger partial charge in [0.2, 0.25) is 0 Å². The molecular weight excluding hydrogens is 513 g/mol. The molecule has 1 saturated carbocycles. The largest absolute Gasteiger partial charge is 0.494 e. The highest BCUT2D eigenvalue weighted by Crippen LogP contribution is 2.31. The van der Waals surface area contributed by atoms with Gasteiger partial charge in [0.05, 0.1) is 6.61 Å². The number of rotatable bonds is 11. The van der Waals surface area contributed by atoms with E-state index in [1.54, 1.807) is 25.1 Å². The molecule has 2 fully saturated rings. The van der Waals surface area contributed by atoms with Crippen LogP contribution in [0.15, 0.2) is 54.1 Å². The van der Waals surface area contributed by atoms with Gasteiger partial charge in [-0.15, -0.1) is 0 Å². The SMILES string of the molecule is CCOc1cc(C(=O)N(C/C(C)=C/c2ccccc2)C[C@@H]2CCCN2C2CCCCC2)ccc1CCC(F)(F)F. The number of aryl methyl sites for hydroxylation is 1. The van der Waals surface area contributed by atoms with Crippen LogP contribution in [0.3, 0.4) is 0 Å². The van der Waals surface area contributed by atoms with Gasteiger partial charge in [-0.2, -0.15) is 13.2 Å². The number of halogens is 3. The number of hydrogen-bond donors (Lipinski definition) is 0. The Hall–Kier alpha value is -2.80. The number of nitrogens with zero attached hydrogens (tertiary/aromatic N) is 2. The number of likely N-dealkylation sites (tertiary alicyclic amines) is 1. The number of carbonyl (C=O) groups is 1. The molecule has 1 aliphatic heterocycles. The molecular formula is C33H43F3N2O2. The second kappa shape index (κ2) is 14.2. The summed E-state index contributed by atoms with van der Waals surface area (Å²) >= 11 is 0. The molecule has 0 unspecified atom stereocenters. The molecule has 40 heavy (non-hydrogen) atoms. The maximum Gasteiger partial charge on any atom is 0.389 e. The second-order valence-corrected chi connectivity index (χ2v) is 11.3. The Labute approximate surface area is 237 Å². The van der Waals surface area contributed by atoms with E-state index < -0.39 is 12.6 Å². The summed E-state index contributed by atoms with van der Waals surface area (Å²) in [6, 6.07) is 15.9. The quantitative estimate of drug-likeness (QED) is 0.282. The first-order valence-corrected chi connectivity index (χ1v) is 14.8. The molecule has 1 aliphatic carbocycles. The number of hydrogen-bond acceptors (Lipinski definition) is 3. The van der Waals surface area contributed by atoms with E-state index in [1.165, 1.54) is 32.1 Å². The van der Waals surface area contributed by atoms with Crippen molar-refractivity contribution in [2.24, 2.45) is 0 Å². The van der Waals surface area contributed by atoms with Crippen molar-refractivity contribution in [1.82, 2.24) is 9.80 Å². The lowest BCUT2D eigenvalue weighted by atomic mass is 9.93. The van der Waals surface area contributed by atoms with Crippen molar-refractivity contribution in [3.63, 3.8) is 0 Å². The van der Waals surface area contributed by atoms with Gasteiger partial charge in [-0.25, -0.2) is 0 Å². The first-order valence-electron chi connectivity index (χ1n) is 14.8. The number of ether oxygens (including phenoxy) is 1. The summed E-state index contributed by atoms with van der Waals surface area (Å²) in [5.74, 6) is 0.249. The monoisotopic (exact) mass is 556 g/mol. The van der Waals surface area contributed by atoms with E-state index in [1.807, 2.05) is 42.2 Å². The molecule has 4 nitrogen and oxygen atoms in total. The van der Waals surface area contributed by atoms with Crippen LogP contribution in [0.25, 0.3) is 6.08 Å². The van der Waals surface area contributed by atoms with Gasteiger partial charge in [0.15, 0.2) is 0 Å². The van der Waals surface area contributed by atoms with Crippen molar-refractivity contribution in [3.8, 4) is 5.75 Å². The van der Waals surface area contributed by atoms with Crippen LogP contribution in [0.2, 0.25) is 0 Å². The van der Waals surface area contributed by atoms with Crippen LogP contribution in [-0.4, -0.2) is 60.2 Å². The topological polar surface area (TPSA) is 32.8 Å². The average Bonchev–Trinajstić information content (AvgIpc) is 3.40. The van der Waals surface area contributed by atoms with E-state index in [2.05, 4.69) is 11.0 Å². The second-order valence-electron chi connectivity index (χ2n) is 11.3. The Morgan fingerprint density at radius 3 is 2.50 bits per heavy atom. The van der Waals surface area contributed by atoms with Gasteiger partial charge in [0.1, 0.15) is 5.75 Å². The van der Waals surface area contributed by atoms with Gasteiger partial charge in [-0.05, 0) is 75.8 Å².